The summed E-state index contributed by atoms with van der Waals surface area (Å²) in [6.07, 6.45) is 0. The third-order valence-corrected chi connectivity index (χ3v) is 4.29. The van der Waals surface area contributed by atoms with Gasteiger partial charge in [0.05, 0.1) is 7.11 Å². The molecule has 0 spiro atoms. The van der Waals surface area contributed by atoms with Crippen molar-refractivity contribution in [2.24, 2.45) is 0 Å². The molecule has 0 heterocycles. The molecule has 2 rings (SSSR count). The smallest absolute Gasteiger partial charge is 0.123 e. The van der Waals surface area contributed by atoms with Crippen LogP contribution < -0.4 is 10.1 Å². The zero-order valence-electron chi connectivity index (χ0n) is 10.8. The monoisotopic (exact) mass is 387 g/mol. The molecule has 0 amide bonds. The minimum atomic E-state index is 0.683. The lowest BCUT2D eigenvalue weighted by molar-refractivity contribution is 0.410. The second-order valence-corrected chi connectivity index (χ2v) is 5.87. The Balaban J connectivity index is 2.13. The Bertz CT molecular complexity index is 586. The number of halogens is 2. The molecule has 19 heavy (non-hydrogen) atoms. The van der Waals surface area contributed by atoms with Gasteiger partial charge in [-0.05, 0) is 65.4 Å². The van der Waals surface area contributed by atoms with Gasteiger partial charge in [0.15, 0.2) is 0 Å². The third-order valence-electron chi connectivity index (χ3n) is 2.90. The van der Waals surface area contributed by atoms with Crippen molar-refractivity contribution >= 4 is 39.9 Å². The number of anilines is 1. The van der Waals surface area contributed by atoms with Crippen molar-refractivity contribution in [1.82, 2.24) is 0 Å². The summed E-state index contributed by atoms with van der Waals surface area (Å²) in [4.78, 5) is 0. The molecule has 4 heteroatoms. The molecule has 0 saturated heterocycles. The van der Waals surface area contributed by atoms with Crippen LogP contribution in [-0.2, 0) is 6.54 Å². The molecule has 0 aliphatic heterocycles. The van der Waals surface area contributed by atoms with Crippen molar-refractivity contribution in [2.75, 3.05) is 12.4 Å². The quantitative estimate of drug-likeness (QED) is 0.756. The highest BCUT2D eigenvalue weighted by Crippen LogP contribution is 2.24. The molecule has 0 saturated carbocycles. The standard InChI is InChI=1S/C15H15ClINO/c1-10-3-5-13(8-14(10)17)18-9-11-7-12(16)4-6-15(11)19-2/h3-8,18H,9H2,1-2H3. The van der Waals surface area contributed by atoms with Crippen LogP contribution in [0.1, 0.15) is 11.1 Å². The van der Waals surface area contributed by atoms with E-state index in [1.54, 1.807) is 7.11 Å². The normalized spacial score (nSPS) is 10.3. The van der Waals surface area contributed by atoms with Gasteiger partial charge in [-0.2, -0.15) is 0 Å². The van der Waals surface area contributed by atoms with Crippen molar-refractivity contribution in [3.05, 3.63) is 56.1 Å². The average Bonchev–Trinajstić information content (AvgIpc) is 2.40. The Hall–Kier alpha value is -0.940. The van der Waals surface area contributed by atoms with Gasteiger partial charge >= 0.3 is 0 Å². The Morgan fingerprint density at radius 3 is 2.68 bits per heavy atom. The van der Waals surface area contributed by atoms with Gasteiger partial charge in [-0.15, -0.1) is 0 Å². The van der Waals surface area contributed by atoms with E-state index >= 15 is 0 Å². The second-order valence-electron chi connectivity index (χ2n) is 4.27. The molecule has 0 bridgehead atoms. The largest absolute Gasteiger partial charge is 0.496 e. The molecule has 2 aromatic rings. The van der Waals surface area contributed by atoms with E-state index in [1.165, 1.54) is 9.13 Å². The van der Waals surface area contributed by atoms with Crippen molar-refractivity contribution in [2.45, 2.75) is 13.5 Å². The van der Waals surface area contributed by atoms with Crippen LogP contribution in [0.5, 0.6) is 5.75 Å². The number of rotatable bonds is 4. The maximum atomic E-state index is 6.02. The minimum Gasteiger partial charge on any atom is -0.496 e. The van der Waals surface area contributed by atoms with Crippen molar-refractivity contribution in [3.8, 4) is 5.75 Å². The lowest BCUT2D eigenvalue weighted by atomic mass is 10.2. The van der Waals surface area contributed by atoms with Gasteiger partial charge < -0.3 is 10.1 Å². The van der Waals surface area contributed by atoms with E-state index in [0.717, 1.165) is 22.0 Å². The number of hydrogen-bond acceptors (Lipinski definition) is 2. The van der Waals surface area contributed by atoms with Crippen molar-refractivity contribution in [1.29, 1.82) is 0 Å². The molecule has 0 atom stereocenters. The molecular weight excluding hydrogens is 373 g/mol. The molecule has 0 aromatic heterocycles. The third kappa shape index (κ3) is 3.76. The fraction of sp³-hybridized carbons (Fsp3) is 0.200. The zero-order chi connectivity index (χ0) is 13.8. The van der Waals surface area contributed by atoms with Crippen LogP contribution in [0, 0.1) is 10.5 Å². The summed E-state index contributed by atoms with van der Waals surface area (Å²) in [6, 6.07) is 12.0. The summed E-state index contributed by atoms with van der Waals surface area (Å²) >= 11 is 8.35. The topological polar surface area (TPSA) is 21.3 Å². The van der Waals surface area contributed by atoms with Gasteiger partial charge in [0.2, 0.25) is 0 Å². The second kappa shape index (κ2) is 6.48. The minimum absolute atomic E-state index is 0.683. The van der Waals surface area contributed by atoms with Gasteiger partial charge in [-0.25, -0.2) is 0 Å². The molecule has 0 unspecified atom stereocenters. The highest BCUT2D eigenvalue weighted by atomic mass is 127. The maximum Gasteiger partial charge on any atom is 0.123 e. The van der Waals surface area contributed by atoms with Crippen molar-refractivity contribution in [3.63, 3.8) is 0 Å². The lowest BCUT2D eigenvalue weighted by Gasteiger charge is -2.12. The number of ether oxygens (including phenoxy) is 1. The first kappa shape index (κ1) is 14.5. The highest BCUT2D eigenvalue weighted by molar-refractivity contribution is 14.1. The van der Waals surface area contributed by atoms with Crippen LogP contribution in [0.25, 0.3) is 0 Å². The molecule has 100 valence electrons. The fourth-order valence-corrected chi connectivity index (χ4v) is 2.50. The van der Waals surface area contributed by atoms with Gasteiger partial charge in [0.25, 0.3) is 0 Å². The van der Waals surface area contributed by atoms with Gasteiger partial charge in [-0.1, -0.05) is 17.7 Å². The zero-order valence-corrected chi connectivity index (χ0v) is 13.7. The first-order chi connectivity index (χ1) is 9.10. The summed E-state index contributed by atoms with van der Waals surface area (Å²) in [5, 5.41) is 4.11. The van der Waals surface area contributed by atoms with E-state index in [0.29, 0.717) is 6.54 Å². The van der Waals surface area contributed by atoms with Crippen LogP contribution in [0.3, 0.4) is 0 Å². The Labute approximate surface area is 132 Å². The van der Waals surface area contributed by atoms with Crippen LogP contribution in [0.15, 0.2) is 36.4 Å². The number of aryl methyl sites for hydroxylation is 1. The maximum absolute atomic E-state index is 6.02. The first-order valence-corrected chi connectivity index (χ1v) is 7.38. The molecule has 2 aromatic carbocycles. The summed E-state index contributed by atoms with van der Waals surface area (Å²) in [7, 11) is 1.67. The number of methoxy groups -OCH3 is 1. The molecule has 2 nitrogen and oxygen atoms in total. The highest BCUT2D eigenvalue weighted by Gasteiger charge is 2.04. The molecule has 0 aliphatic carbocycles. The van der Waals surface area contributed by atoms with E-state index in [4.69, 9.17) is 16.3 Å². The van der Waals surface area contributed by atoms with Crippen molar-refractivity contribution < 1.29 is 4.74 Å². The molecule has 1 N–H and O–H groups in total. The van der Waals surface area contributed by atoms with Crippen LogP contribution >= 0.6 is 34.2 Å². The Morgan fingerprint density at radius 2 is 2.00 bits per heavy atom. The SMILES string of the molecule is COc1ccc(Cl)cc1CNc1ccc(C)c(I)c1. The van der Waals surface area contributed by atoms with Crippen LogP contribution in [0.4, 0.5) is 5.69 Å². The molecular formula is C15H15ClINO. The van der Waals surface area contributed by atoms with Crippen LogP contribution in [0.2, 0.25) is 5.02 Å². The number of hydrogen-bond donors (Lipinski definition) is 1. The Morgan fingerprint density at radius 1 is 1.21 bits per heavy atom. The van der Waals surface area contributed by atoms with E-state index in [2.05, 4.69) is 53.0 Å². The lowest BCUT2D eigenvalue weighted by Crippen LogP contribution is -2.02. The van der Waals surface area contributed by atoms with Gasteiger partial charge in [0, 0.05) is 26.4 Å². The predicted octanol–water partition coefficient (Wildman–Crippen LogP) is 4.87. The number of benzene rings is 2. The molecule has 0 aliphatic rings. The molecule has 0 fully saturated rings. The van der Waals surface area contributed by atoms with E-state index in [1.807, 2.05) is 18.2 Å². The Kier molecular flexibility index (Phi) is 4.93. The predicted molar refractivity (Wildman–Crippen MR) is 89.2 cm³/mol. The molecule has 0 radical (unpaired) electrons. The fourth-order valence-electron chi connectivity index (χ4n) is 1.79. The summed E-state index contributed by atoms with van der Waals surface area (Å²) in [6.45, 7) is 2.79. The summed E-state index contributed by atoms with van der Waals surface area (Å²) in [5.41, 5.74) is 3.43. The van der Waals surface area contributed by atoms with Gasteiger partial charge in [0.1, 0.15) is 5.75 Å². The summed E-state index contributed by atoms with van der Waals surface area (Å²) in [5.74, 6) is 0.846. The summed E-state index contributed by atoms with van der Waals surface area (Å²) < 4.78 is 6.58. The van der Waals surface area contributed by atoms with Gasteiger partial charge in [-0.3, -0.25) is 0 Å². The van der Waals surface area contributed by atoms with Crippen LogP contribution in [-0.4, -0.2) is 7.11 Å². The van der Waals surface area contributed by atoms with E-state index in [-0.39, 0.29) is 0 Å². The van der Waals surface area contributed by atoms with E-state index < -0.39 is 0 Å². The first-order valence-electron chi connectivity index (χ1n) is 5.92. The number of nitrogens with one attached hydrogen (secondary N) is 1. The average molecular weight is 388 g/mol. The van der Waals surface area contributed by atoms with E-state index in [9.17, 15) is 0 Å².